The molecule has 0 saturated carbocycles. The molecule has 1 aromatic heterocycles. The summed E-state index contributed by atoms with van der Waals surface area (Å²) in [6, 6.07) is 3.96. The minimum Gasteiger partial charge on any atom is -0.307 e. The van der Waals surface area contributed by atoms with E-state index in [0.717, 1.165) is 11.3 Å². The summed E-state index contributed by atoms with van der Waals surface area (Å²) in [5.41, 5.74) is 1.97. The Bertz CT molecular complexity index is 527. The van der Waals surface area contributed by atoms with Crippen molar-refractivity contribution in [3.8, 4) is 0 Å². The van der Waals surface area contributed by atoms with Crippen LogP contribution in [0.3, 0.4) is 0 Å². The van der Waals surface area contributed by atoms with Gasteiger partial charge in [0, 0.05) is 17.3 Å². The smallest absolute Gasteiger partial charge is 0.263 e. The Kier molecular flexibility index (Phi) is 3.54. The monoisotopic (exact) mass is 278 g/mol. The van der Waals surface area contributed by atoms with Gasteiger partial charge in [-0.25, -0.2) is 0 Å². The summed E-state index contributed by atoms with van der Waals surface area (Å²) in [6.45, 7) is 6.35. The fourth-order valence-corrected chi connectivity index (χ4v) is 2.55. The molecule has 94 valence electrons. The van der Waals surface area contributed by atoms with Gasteiger partial charge in [0.05, 0.1) is 4.91 Å². The summed E-state index contributed by atoms with van der Waals surface area (Å²) >= 11 is 6.22. The van der Waals surface area contributed by atoms with Gasteiger partial charge >= 0.3 is 0 Å². The van der Waals surface area contributed by atoms with Crippen LogP contribution >= 0.6 is 24.0 Å². The first-order chi connectivity index (χ1) is 8.36. The van der Waals surface area contributed by atoms with Crippen LogP contribution in [0, 0.1) is 0 Å². The van der Waals surface area contributed by atoms with E-state index in [2.05, 4.69) is 31.1 Å². The van der Waals surface area contributed by atoms with E-state index in [-0.39, 0.29) is 11.3 Å². The van der Waals surface area contributed by atoms with Gasteiger partial charge in [-0.15, -0.1) is 0 Å². The highest BCUT2D eigenvalue weighted by atomic mass is 32.2. The molecule has 0 aliphatic carbocycles. The second-order valence-electron chi connectivity index (χ2n) is 5.08. The molecule has 1 N–H and O–H groups in total. The van der Waals surface area contributed by atoms with Crippen LogP contribution in [0.25, 0.3) is 6.08 Å². The van der Waals surface area contributed by atoms with Crippen LogP contribution in [0.4, 0.5) is 0 Å². The van der Waals surface area contributed by atoms with Gasteiger partial charge in [-0.05, 0) is 17.7 Å². The lowest BCUT2D eigenvalue weighted by molar-refractivity contribution is -0.115. The quantitative estimate of drug-likeness (QED) is 0.633. The Morgan fingerprint density at radius 1 is 1.39 bits per heavy atom. The van der Waals surface area contributed by atoms with E-state index in [1.807, 2.05) is 12.1 Å². The molecule has 0 radical (unpaired) electrons. The molecule has 1 amide bonds. The third-order valence-corrected chi connectivity index (χ3v) is 3.66. The van der Waals surface area contributed by atoms with Gasteiger partial charge in [-0.1, -0.05) is 50.8 Å². The largest absolute Gasteiger partial charge is 0.307 e. The van der Waals surface area contributed by atoms with Gasteiger partial charge in [0.2, 0.25) is 0 Å². The lowest BCUT2D eigenvalue weighted by Gasteiger charge is -2.17. The molecule has 0 spiro atoms. The molecule has 1 saturated heterocycles. The van der Waals surface area contributed by atoms with E-state index in [4.69, 9.17) is 12.2 Å². The van der Waals surface area contributed by atoms with Crippen LogP contribution in [0.15, 0.2) is 23.2 Å². The van der Waals surface area contributed by atoms with E-state index < -0.39 is 0 Å². The number of amides is 1. The molecule has 1 aliphatic heterocycles. The van der Waals surface area contributed by atoms with E-state index in [1.165, 1.54) is 11.8 Å². The summed E-state index contributed by atoms with van der Waals surface area (Å²) in [4.78, 5) is 16.5. The number of hydrogen-bond acceptors (Lipinski definition) is 4. The zero-order chi connectivity index (χ0) is 13.3. The van der Waals surface area contributed by atoms with Crippen LogP contribution in [0.1, 0.15) is 32.0 Å². The van der Waals surface area contributed by atoms with E-state index in [1.54, 1.807) is 12.3 Å². The van der Waals surface area contributed by atoms with Crippen LogP contribution in [-0.2, 0) is 10.2 Å². The SMILES string of the molecule is CC(C)(C)c1ccc(/C=C2\SC(=S)NC2=O)cn1. The second kappa shape index (κ2) is 4.82. The lowest BCUT2D eigenvalue weighted by atomic mass is 9.91. The predicted octanol–water partition coefficient (Wildman–Crippen LogP) is 2.87. The Hall–Kier alpha value is -1.20. The first-order valence-electron chi connectivity index (χ1n) is 5.58. The van der Waals surface area contributed by atoms with E-state index >= 15 is 0 Å². The van der Waals surface area contributed by atoms with Gasteiger partial charge in [-0.3, -0.25) is 9.78 Å². The predicted molar refractivity (Wildman–Crippen MR) is 79.2 cm³/mol. The third kappa shape index (κ3) is 2.97. The number of rotatable bonds is 1. The number of aromatic nitrogens is 1. The molecule has 1 aromatic rings. The van der Waals surface area contributed by atoms with Gasteiger partial charge < -0.3 is 5.32 Å². The van der Waals surface area contributed by atoms with Gasteiger partial charge in [0.1, 0.15) is 4.32 Å². The van der Waals surface area contributed by atoms with Crippen LogP contribution < -0.4 is 5.32 Å². The van der Waals surface area contributed by atoms with Crippen molar-refractivity contribution < 1.29 is 4.79 Å². The summed E-state index contributed by atoms with van der Waals surface area (Å²) in [6.07, 6.45) is 3.58. The summed E-state index contributed by atoms with van der Waals surface area (Å²) in [7, 11) is 0. The Morgan fingerprint density at radius 3 is 2.56 bits per heavy atom. The highest BCUT2D eigenvalue weighted by Gasteiger charge is 2.22. The number of nitrogens with zero attached hydrogens (tertiary/aromatic N) is 1. The molecule has 0 aromatic carbocycles. The van der Waals surface area contributed by atoms with Crippen LogP contribution in [0.5, 0.6) is 0 Å². The topological polar surface area (TPSA) is 42.0 Å². The fraction of sp³-hybridized carbons (Fsp3) is 0.308. The molecule has 18 heavy (non-hydrogen) atoms. The minimum atomic E-state index is -0.134. The normalized spacial score (nSPS) is 18.3. The molecule has 2 heterocycles. The van der Waals surface area contributed by atoms with E-state index in [0.29, 0.717) is 9.23 Å². The number of thiocarbonyl (C=S) groups is 1. The highest BCUT2D eigenvalue weighted by Crippen LogP contribution is 2.26. The van der Waals surface area contributed by atoms with Crippen molar-refractivity contribution in [3.05, 3.63) is 34.5 Å². The second-order valence-corrected chi connectivity index (χ2v) is 6.80. The molecule has 2 rings (SSSR count). The number of thioether (sulfide) groups is 1. The minimum absolute atomic E-state index is 0.0344. The maximum Gasteiger partial charge on any atom is 0.263 e. The van der Waals surface area contributed by atoms with Crippen molar-refractivity contribution in [2.45, 2.75) is 26.2 Å². The van der Waals surface area contributed by atoms with Crippen molar-refractivity contribution in [2.75, 3.05) is 0 Å². The van der Waals surface area contributed by atoms with Crippen molar-refractivity contribution in [2.24, 2.45) is 0 Å². The van der Waals surface area contributed by atoms with Gasteiger partial charge in [-0.2, -0.15) is 0 Å². The van der Waals surface area contributed by atoms with Gasteiger partial charge in [0.25, 0.3) is 5.91 Å². The molecule has 3 nitrogen and oxygen atoms in total. The Balaban J connectivity index is 2.24. The average molecular weight is 278 g/mol. The third-order valence-electron chi connectivity index (χ3n) is 2.49. The van der Waals surface area contributed by atoms with Crippen molar-refractivity contribution >= 4 is 40.3 Å². The Morgan fingerprint density at radius 2 is 2.11 bits per heavy atom. The Labute approximate surface area is 116 Å². The number of pyridine rings is 1. The van der Waals surface area contributed by atoms with Crippen molar-refractivity contribution in [1.29, 1.82) is 0 Å². The molecular weight excluding hydrogens is 264 g/mol. The standard InChI is InChI=1S/C13H14N2OS2/c1-13(2,3)10-5-4-8(7-14-10)6-9-11(16)15-12(17)18-9/h4-7H,1-3H3,(H,15,16,17)/b9-6-. The number of hydrogen-bond donors (Lipinski definition) is 1. The van der Waals surface area contributed by atoms with Crippen LogP contribution in [0.2, 0.25) is 0 Å². The maximum absolute atomic E-state index is 11.5. The number of carbonyl (C=O) groups excluding carboxylic acids is 1. The first kappa shape index (κ1) is 13.2. The number of nitrogens with one attached hydrogen (secondary N) is 1. The molecule has 0 bridgehead atoms. The summed E-state index contributed by atoms with van der Waals surface area (Å²) < 4.78 is 0.505. The average Bonchev–Trinajstić information content (AvgIpc) is 2.57. The zero-order valence-electron chi connectivity index (χ0n) is 10.5. The highest BCUT2D eigenvalue weighted by molar-refractivity contribution is 8.26. The molecular formula is C13H14N2OS2. The van der Waals surface area contributed by atoms with Gasteiger partial charge in [0.15, 0.2) is 0 Å². The van der Waals surface area contributed by atoms with Crippen molar-refractivity contribution in [1.82, 2.24) is 10.3 Å². The zero-order valence-corrected chi connectivity index (χ0v) is 12.1. The molecule has 1 fully saturated rings. The van der Waals surface area contributed by atoms with E-state index in [9.17, 15) is 4.79 Å². The molecule has 0 atom stereocenters. The maximum atomic E-state index is 11.5. The molecule has 0 unspecified atom stereocenters. The fourth-order valence-electron chi connectivity index (χ4n) is 1.51. The lowest BCUT2D eigenvalue weighted by Crippen LogP contribution is -2.17. The summed E-state index contributed by atoms with van der Waals surface area (Å²) in [5.74, 6) is -0.134. The molecule has 1 aliphatic rings. The number of carbonyl (C=O) groups is 1. The molecule has 5 heteroatoms. The summed E-state index contributed by atoms with van der Waals surface area (Å²) in [5, 5.41) is 2.59. The first-order valence-corrected chi connectivity index (χ1v) is 6.80. The van der Waals surface area contributed by atoms with Crippen LogP contribution in [-0.4, -0.2) is 15.2 Å². The van der Waals surface area contributed by atoms with Crippen molar-refractivity contribution in [3.63, 3.8) is 0 Å².